The summed E-state index contributed by atoms with van der Waals surface area (Å²) in [6.45, 7) is 7.47. The Morgan fingerprint density at radius 3 is 1.79 bits per heavy atom. The van der Waals surface area contributed by atoms with Gasteiger partial charge >= 0.3 is 5.97 Å². The molecule has 0 aliphatic heterocycles. The number of allylic oxidation sites excluding steroid dienone is 5. The maximum Gasteiger partial charge on any atom is 0.306 e. The number of carbonyl (C=O) groups is 2. The van der Waals surface area contributed by atoms with E-state index >= 15 is 0 Å². The van der Waals surface area contributed by atoms with E-state index in [0.29, 0.717) is 13.0 Å². The third-order valence-electron chi connectivity index (χ3n) is 7.42. The number of unbranched alkanes of at least 4 members (excludes halogenated alkanes) is 14. The smallest absolute Gasteiger partial charge is 0.306 e. The molecule has 0 unspecified atom stereocenters. The van der Waals surface area contributed by atoms with Crippen molar-refractivity contribution in [3.05, 3.63) is 36.5 Å². The van der Waals surface area contributed by atoms with Crippen LogP contribution in [0.2, 0.25) is 0 Å². The first kappa shape index (κ1) is 41.5. The quantitative estimate of drug-likeness (QED) is 0.0454. The third kappa shape index (κ3) is 31.7. The first-order chi connectivity index (χ1) is 21.0. The molecule has 0 heterocycles. The largest absolute Gasteiger partial charge is 0.461 e. The summed E-state index contributed by atoms with van der Waals surface area (Å²) in [4.78, 5) is 29.1. The highest BCUT2D eigenvalue weighted by molar-refractivity contribution is 8.13. The number of rotatable bonds is 30. The summed E-state index contributed by atoms with van der Waals surface area (Å²) in [7, 11) is 4.10. The lowest BCUT2D eigenvalue weighted by Gasteiger charge is -2.22. The van der Waals surface area contributed by atoms with Crippen LogP contribution in [0.1, 0.15) is 142 Å². The van der Waals surface area contributed by atoms with Crippen LogP contribution in [0.5, 0.6) is 0 Å². The summed E-state index contributed by atoms with van der Waals surface area (Å²) in [5.74, 6) is 0.753. The molecule has 0 rings (SSSR count). The summed E-state index contributed by atoms with van der Waals surface area (Å²) >= 11 is 1.46. The maximum atomic E-state index is 12.9. The van der Waals surface area contributed by atoms with Crippen molar-refractivity contribution in [2.75, 3.05) is 46.1 Å². The summed E-state index contributed by atoms with van der Waals surface area (Å²) < 4.78 is 5.32. The lowest BCUT2D eigenvalue weighted by atomic mass is 10.1. The van der Waals surface area contributed by atoms with Crippen molar-refractivity contribution in [1.29, 1.82) is 0 Å². The van der Waals surface area contributed by atoms with Crippen LogP contribution in [-0.4, -0.2) is 67.1 Å². The van der Waals surface area contributed by atoms with Crippen molar-refractivity contribution < 1.29 is 14.3 Å². The van der Waals surface area contributed by atoms with Crippen molar-refractivity contribution in [2.24, 2.45) is 0 Å². The molecule has 5 nitrogen and oxygen atoms in total. The summed E-state index contributed by atoms with van der Waals surface area (Å²) in [5.41, 5.74) is 0. The van der Waals surface area contributed by atoms with E-state index in [1.807, 2.05) is 6.08 Å². The normalized spacial score (nSPS) is 11.9. The molecule has 0 aromatic rings. The van der Waals surface area contributed by atoms with Gasteiger partial charge in [-0.25, -0.2) is 0 Å². The van der Waals surface area contributed by atoms with Gasteiger partial charge in [0.2, 0.25) is 0 Å². The van der Waals surface area contributed by atoms with Gasteiger partial charge in [-0.05, 0) is 71.9 Å². The van der Waals surface area contributed by atoms with Crippen LogP contribution < -0.4 is 0 Å². The zero-order valence-corrected chi connectivity index (χ0v) is 29.5. The maximum absolute atomic E-state index is 12.9. The van der Waals surface area contributed by atoms with Gasteiger partial charge in [0.05, 0.1) is 0 Å². The van der Waals surface area contributed by atoms with Crippen LogP contribution >= 0.6 is 11.8 Å². The number of hydrogen-bond acceptors (Lipinski definition) is 5. The van der Waals surface area contributed by atoms with Crippen LogP contribution in [0.15, 0.2) is 36.5 Å². The van der Waals surface area contributed by atoms with E-state index in [1.54, 1.807) is 0 Å². The molecule has 6 heteroatoms. The molecule has 1 amide bonds. The Morgan fingerprint density at radius 2 is 1.16 bits per heavy atom. The van der Waals surface area contributed by atoms with E-state index in [4.69, 9.17) is 4.74 Å². The second-order valence-corrected chi connectivity index (χ2v) is 13.0. The molecule has 0 radical (unpaired) electrons. The highest BCUT2D eigenvalue weighted by Crippen LogP contribution is 2.15. The zero-order valence-electron chi connectivity index (χ0n) is 28.7. The molecule has 0 aliphatic rings. The van der Waals surface area contributed by atoms with Gasteiger partial charge in [0.25, 0.3) is 5.24 Å². The fraction of sp³-hybridized carbons (Fsp3) is 0.784. The highest BCUT2D eigenvalue weighted by atomic mass is 32.2. The number of amides is 1. The Balaban J connectivity index is 4.05. The van der Waals surface area contributed by atoms with Gasteiger partial charge in [-0.1, -0.05) is 126 Å². The molecule has 0 bridgehead atoms. The third-order valence-corrected chi connectivity index (χ3v) is 8.31. The lowest BCUT2D eigenvalue weighted by molar-refractivity contribution is -0.142. The van der Waals surface area contributed by atoms with E-state index in [-0.39, 0.29) is 11.2 Å². The van der Waals surface area contributed by atoms with Gasteiger partial charge in [0, 0.05) is 31.8 Å². The molecule has 0 saturated heterocycles. The van der Waals surface area contributed by atoms with Crippen LogP contribution in [0, 0.1) is 0 Å². The second kappa shape index (κ2) is 33.4. The van der Waals surface area contributed by atoms with Gasteiger partial charge in [-0.2, -0.15) is 0 Å². The minimum atomic E-state index is -0.0890. The van der Waals surface area contributed by atoms with E-state index < -0.39 is 0 Å². The molecule has 0 atom stereocenters. The molecule has 0 aromatic carbocycles. The van der Waals surface area contributed by atoms with Gasteiger partial charge in [0.1, 0.15) is 6.61 Å². The minimum absolute atomic E-state index is 0.0890. The molecule has 0 saturated carbocycles. The molecule has 0 aromatic heterocycles. The first-order valence-electron chi connectivity index (χ1n) is 17.7. The van der Waals surface area contributed by atoms with Crippen molar-refractivity contribution in [3.8, 4) is 0 Å². The van der Waals surface area contributed by atoms with Crippen molar-refractivity contribution in [1.82, 2.24) is 9.80 Å². The fourth-order valence-corrected chi connectivity index (χ4v) is 5.66. The van der Waals surface area contributed by atoms with Gasteiger partial charge < -0.3 is 14.5 Å². The number of esters is 1. The zero-order chi connectivity index (χ0) is 31.6. The molecule has 43 heavy (non-hydrogen) atoms. The monoisotopic (exact) mass is 620 g/mol. The number of thioether (sulfide) groups is 1. The lowest BCUT2D eigenvalue weighted by Crippen LogP contribution is -2.30. The molecule has 250 valence electrons. The molecular weight excluding hydrogens is 552 g/mol. The average molecular weight is 621 g/mol. The number of hydrogen-bond donors (Lipinski definition) is 0. The van der Waals surface area contributed by atoms with E-state index in [9.17, 15) is 9.59 Å². The Morgan fingerprint density at radius 1 is 0.605 bits per heavy atom. The molecule has 0 N–H and O–H groups in total. The molecule has 0 fully saturated rings. The average Bonchev–Trinajstić information content (AvgIpc) is 2.98. The van der Waals surface area contributed by atoms with Crippen LogP contribution in [0.25, 0.3) is 0 Å². The predicted octanol–water partition coefficient (Wildman–Crippen LogP) is 10.8. The second-order valence-electron chi connectivity index (χ2n) is 11.9. The Bertz CT molecular complexity index is 721. The van der Waals surface area contributed by atoms with Crippen molar-refractivity contribution in [3.63, 3.8) is 0 Å². The Labute approximate surface area is 271 Å². The summed E-state index contributed by atoms with van der Waals surface area (Å²) in [5, 5.41) is 0.234. The minimum Gasteiger partial charge on any atom is -0.461 e. The Hall–Kier alpha value is -1.53. The van der Waals surface area contributed by atoms with Crippen molar-refractivity contribution in [2.45, 2.75) is 142 Å². The van der Waals surface area contributed by atoms with Crippen molar-refractivity contribution >= 4 is 23.0 Å². The Kier molecular flexibility index (Phi) is 32.2. The standard InChI is InChI=1S/C37H68N2O3S/c1-5-7-9-11-13-14-15-16-17-18-19-23-27-31-39(37(41)43-35-33-38(3)4)32-28-24-21-22-26-30-36(40)42-34-29-25-20-12-10-8-6-2/h9,11,14-15,25,29H,5-8,10,12-13,16-24,26-28,30-35H2,1-4H3/b11-9-,15-14-,29-25-. The van der Waals surface area contributed by atoms with Gasteiger partial charge in [-0.3, -0.25) is 9.59 Å². The van der Waals surface area contributed by atoms with Crippen LogP contribution in [0.3, 0.4) is 0 Å². The predicted molar refractivity (Wildman–Crippen MR) is 190 cm³/mol. The number of nitrogens with zero attached hydrogens (tertiary/aromatic N) is 2. The highest BCUT2D eigenvalue weighted by Gasteiger charge is 2.13. The van der Waals surface area contributed by atoms with Crippen LogP contribution in [0.4, 0.5) is 4.79 Å². The molecule has 0 aliphatic carbocycles. The van der Waals surface area contributed by atoms with Crippen LogP contribution in [-0.2, 0) is 9.53 Å². The van der Waals surface area contributed by atoms with E-state index in [2.05, 4.69) is 68.1 Å². The topological polar surface area (TPSA) is 49.9 Å². The van der Waals surface area contributed by atoms with Gasteiger partial charge in [0.15, 0.2) is 0 Å². The first-order valence-corrected chi connectivity index (χ1v) is 18.7. The number of ether oxygens (including phenoxy) is 1. The summed E-state index contributed by atoms with van der Waals surface area (Å²) in [6, 6.07) is 0. The fourth-order valence-electron chi connectivity index (χ4n) is 4.66. The molecule has 0 spiro atoms. The molecular formula is C37H68N2O3S. The number of carbonyl (C=O) groups excluding carboxylic acids is 2. The van der Waals surface area contributed by atoms with Gasteiger partial charge in [-0.15, -0.1) is 0 Å². The summed E-state index contributed by atoms with van der Waals surface area (Å²) in [6.07, 6.45) is 35.7. The van der Waals surface area contributed by atoms with E-state index in [0.717, 1.165) is 76.8 Å². The van der Waals surface area contributed by atoms with E-state index in [1.165, 1.54) is 82.4 Å². The SMILES string of the molecule is CCC/C=C\C/C=C\CCCCCCCN(CCCCCCCC(=O)OC/C=C\CCCCCC)C(=O)SCCN(C)C.